The van der Waals surface area contributed by atoms with Crippen molar-refractivity contribution < 1.29 is 27.5 Å². The topological polar surface area (TPSA) is 84.7 Å². The number of hydrogen-bond donors (Lipinski definition) is 2. The second-order valence-electron chi connectivity index (χ2n) is 6.64. The van der Waals surface area contributed by atoms with E-state index >= 15 is 0 Å². The summed E-state index contributed by atoms with van der Waals surface area (Å²) in [5, 5.41) is 3.05. The standard InChI is InChI=1S/C18H24F3N3O3S/c1-12(11-23-13-2-4-14(5-3-13)27-18(19,20)21)15(17(22)26)10-16(25)24-6-8-28-9-7-24/h2-5,12,15,23H,6-11H2,1H3,(H2,22,26)/t12-,15?/m1/s1. The first-order valence-corrected chi connectivity index (χ1v) is 10.1. The lowest BCUT2D eigenvalue weighted by Crippen LogP contribution is -2.42. The molecule has 0 saturated carbocycles. The average Bonchev–Trinajstić information content (AvgIpc) is 2.64. The number of amides is 2. The number of primary amides is 1. The highest BCUT2D eigenvalue weighted by molar-refractivity contribution is 7.99. The Bertz CT molecular complexity index is 664. The van der Waals surface area contributed by atoms with Crippen LogP contribution in [0.1, 0.15) is 13.3 Å². The van der Waals surface area contributed by atoms with Gasteiger partial charge >= 0.3 is 6.36 Å². The van der Waals surface area contributed by atoms with E-state index in [0.29, 0.717) is 25.3 Å². The molecule has 6 nitrogen and oxygen atoms in total. The SMILES string of the molecule is C[C@H](CNc1ccc(OC(F)(F)F)cc1)C(CC(=O)N1CCSCC1)C(N)=O. The van der Waals surface area contributed by atoms with Gasteiger partial charge in [-0.3, -0.25) is 9.59 Å². The Balaban J connectivity index is 1.88. The number of carbonyl (C=O) groups is 2. The summed E-state index contributed by atoms with van der Waals surface area (Å²) in [4.78, 5) is 26.0. The zero-order valence-corrected chi connectivity index (χ0v) is 16.3. The molecule has 3 N–H and O–H groups in total. The maximum atomic E-state index is 12.4. The van der Waals surface area contributed by atoms with E-state index in [1.165, 1.54) is 24.3 Å². The van der Waals surface area contributed by atoms with Crippen molar-refractivity contribution in [2.24, 2.45) is 17.6 Å². The second kappa shape index (κ2) is 9.90. The number of rotatable bonds is 8. The number of benzene rings is 1. The fourth-order valence-electron chi connectivity index (χ4n) is 2.91. The van der Waals surface area contributed by atoms with Gasteiger partial charge in [0.05, 0.1) is 5.92 Å². The van der Waals surface area contributed by atoms with Crippen LogP contribution in [0.5, 0.6) is 5.75 Å². The zero-order chi connectivity index (χ0) is 20.7. The zero-order valence-electron chi connectivity index (χ0n) is 15.5. The van der Waals surface area contributed by atoms with Crippen LogP contribution in [-0.4, -0.2) is 54.2 Å². The molecule has 1 heterocycles. The molecule has 1 unspecified atom stereocenters. The van der Waals surface area contributed by atoms with Crippen LogP contribution in [0.4, 0.5) is 18.9 Å². The van der Waals surface area contributed by atoms with Crippen LogP contribution in [0, 0.1) is 11.8 Å². The second-order valence-corrected chi connectivity index (χ2v) is 7.86. The van der Waals surface area contributed by atoms with Crippen molar-refractivity contribution in [1.29, 1.82) is 0 Å². The van der Waals surface area contributed by atoms with E-state index in [0.717, 1.165) is 11.5 Å². The lowest BCUT2D eigenvalue weighted by atomic mass is 9.89. The van der Waals surface area contributed by atoms with Gasteiger partial charge in [0.25, 0.3) is 0 Å². The summed E-state index contributed by atoms with van der Waals surface area (Å²) in [5.74, 6) is -0.0101. The van der Waals surface area contributed by atoms with Gasteiger partial charge < -0.3 is 20.7 Å². The van der Waals surface area contributed by atoms with Crippen molar-refractivity contribution >= 4 is 29.3 Å². The summed E-state index contributed by atoms with van der Waals surface area (Å²) in [7, 11) is 0. The molecule has 10 heteroatoms. The molecule has 0 bridgehead atoms. The maximum absolute atomic E-state index is 12.4. The average molecular weight is 419 g/mol. The van der Waals surface area contributed by atoms with Crippen molar-refractivity contribution in [2.75, 3.05) is 36.5 Å². The highest BCUT2D eigenvalue weighted by atomic mass is 32.2. The van der Waals surface area contributed by atoms with Crippen LogP contribution < -0.4 is 15.8 Å². The van der Waals surface area contributed by atoms with E-state index in [9.17, 15) is 22.8 Å². The molecule has 1 aromatic carbocycles. The van der Waals surface area contributed by atoms with Crippen LogP contribution in [0.2, 0.25) is 0 Å². The van der Waals surface area contributed by atoms with Crippen molar-refractivity contribution in [3.8, 4) is 5.75 Å². The van der Waals surface area contributed by atoms with Gasteiger partial charge in [0.2, 0.25) is 11.8 Å². The van der Waals surface area contributed by atoms with Gasteiger partial charge in [-0.2, -0.15) is 11.8 Å². The normalized spacial score (nSPS) is 16.9. The summed E-state index contributed by atoms with van der Waals surface area (Å²) in [6.07, 6.45) is -4.68. The van der Waals surface area contributed by atoms with Gasteiger partial charge in [-0.1, -0.05) is 6.92 Å². The number of thioether (sulfide) groups is 1. The first kappa shape index (κ1) is 22.2. The smallest absolute Gasteiger partial charge is 0.406 e. The Morgan fingerprint density at radius 1 is 1.25 bits per heavy atom. The molecular weight excluding hydrogens is 395 g/mol. The largest absolute Gasteiger partial charge is 0.573 e. The van der Waals surface area contributed by atoms with Gasteiger partial charge in [-0.05, 0) is 30.2 Å². The Morgan fingerprint density at radius 3 is 2.39 bits per heavy atom. The molecule has 0 radical (unpaired) electrons. The molecule has 1 saturated heterocycles. The molecule has 0 spiro atoms. The van der Waals surface area contributed by atoms with E-state index < -0.39 is 18.2 Å². The fourth-order valence-corrected chi connectivity index (χ4v) is 3.81. The predicted molar refractivity (Wildman–Crippen MR) is 102 cm³/mol. The minimum atomic E-state index is -4.74. The lowest BCUT2D eigenvalue weighted by molar-refractivity contribution is -0.274. The van der Waals surface area contributed by atoms with Gasteiger partial charge in [0, 0.05) is 43.2 Å². The van der Waals surface area contributed by atoms with Gasteiger partial charge in [0.15, 0.2) is 0 Å². The number of anilines is 1. The van der Waals surface area contributed by atoms with Crippen molar-refractivity contribution in [1.82, 2.24) is 4.90 Å². The number of halogens is 3. The third-order valence-electron chi connectivity index (χ3n) is 4.53. The van der Waals surface area contributed by atoms with E-state index in [4.69, 9.17) is 5.73 Å². The number of carbonyl (C=O) groups excluding carboxylic acids is 2. The van der Waals surface area contributed by atoms with Crippen molar-refractivity contribution in [2.45, 2.75) is 19.7 Å². The molecule has 2 atom stereocenters. The summed E-state index contributed by atoms with van der Waals surface area (Å²) < 4.78 is 40.4. The first-order chi connectivity index (χ1) is 13.2. The molecule has 1 aliphatic rings. The van der Waals surface area contributed by atoms with Crippen LogP contribution in [-0.2, 0) is 9.59 Å². The van der Waals surface area contributed by atoms with Crippen LogP contribution >= 0.6 is 11.8 Å². The van der Waals surface area contributed by atoms with E-state index in [1.807, 2.05) is 6.92 Å². The fraction of sp³-hybridized carbons (Fsp3) is 0.556. The minimum Gasteiger partial charge on any atom is -0.406 e. The number of ether oxygens (including phenoxy) is 1. The number of alkyl halides is 3. The van der Waals surface area contributed by atoms with Crippen molar-refractivity contribution in [3.05, 3.63) is 24.3 Å². The Hall–Kier alpha value is -2.10. The van der Waals surface area contributed by atoms with Crippen LogP contribution in [0.15, 0.2) is 24.3 Å². The van der Waals surface area contributed by atoms with Crippen LogP contribution in [0.25, 0.3) is 0 Å². The predicted octanol–water partition coefficient (Wildman–Crippen LogP) is 2.70. The third kappa shape index (κ3) is 7.14. The van der Waals surface area contributed by atoms with E-state index in [2.05, 4.69) is 10.1 Å². The first-order valence-electron chi connectivity index (χ1n) is 8.90. The van der Waals surface area contributed by atoms with Crippen molar-refractivity contribution in [3.63, 3.8) is 0 Å². The molecule has 28 heavy (non-hydrogen) atoms. The summed E-state index contributed by atoms with van der Waals surface area (Å²) in [6.45, 7) is 3.50. The minimum absolute atomic E-state index is 0.0568. The quantitative estimate of drug-likeness (QED) is 0.677. The molecule has 0 aromatic heterocycles. The third-order valence-corrected chi connectivity index (χ3v) is 5.47. The Kier molecular flexibility index (Phi) is 7.85. The molecule has 156 valence electrons. The van der Waals surface area contributed by atoms with Gasteiger partial charge in [-0.25, -0.2) is 0 Å². The lowest BCUT2D eigenvalue weighted by Gasteiger charge is -2.29. The van der Waals surface area contributed by atoms with E-state index in [-0.39, 0.29) is 24.0 Å². The number of nitrogens with zero attached hydrogens (tertiary/aromatic N) is 1. The number of nitrogens with two attached hydrogens (primary N) is 1. The molecule has 1 aliphatic heterocycles. The highest BCUT2D eigenvalue weighted by Gasteiger charge is 2.31. The molecule has 1 aromatic rings. The van der Waals surface area contributed by atoms with Crippen LogP contribution in [0.3, 0.4) is 0 Å². The molecular formula is C18H24F3N3O3S. The summed E-state index contributed by atoms with van der Waals surface area (Å²) in [6, 6.07) is 5.29. The Morgan fingerprint density at radius 2 is 1.86 bits per heavy atom. The van der Waals surface area contributed by atoms with Gasteiger partial charge in [0.1, 0.15) is 5.75 Å². The monoisotopic (exact) mass is 419 g/mol. The number of hydrogen-bond acceptors (Lipinski definition) is 5. The summed E-state index contributed by atoms with van der Waals surface area (Å²) in [5.41, 5.74) is 6.07. The highest BCUT2D eigenvalue weighted by Crippen LogP contribution is 2.25. The Labute approximate surface area is 166 Å². The molecule has 1 fully saturated rings. The molecule has 2 rings (SSSR count). The van der Waals surface area contributed by atoms with Gasteiger partial charge in [-0.15, -0.1) is 13.2 Å². The van der Waals surface area contributed by atoms with E-state index in [1.54, 1.807) is 16.7 Å². The molecule has 2 amide bonds. The molecule has 0 aliphatic carbocycles. The number of nitrogens with one attached hydrogen (secondary N) is 1. The maximum Gasteiger partial charge on any atom is 0.573 e. The summed E-state index contributed by atoms with van der Waals surface area (Å²) >= 11 is 1.79.